The summed E-state index contributed by atoms with van der Waals surface area (Å²) in [5.74, 6) is -0.409. The molecule has 106 valence electrons. The second kappa shape index (κ2) is 8.91. The number of halogens is 2. The van der Waals surface area contributed by atoms with Crippen molar-refractivity contribution in [3.63, 3.8) is 0 Å². The Bertz CT molecular complexity index is 392. The second-order valence-corrected chi connectivity index (χ2v) is 4.99. The first-order valence-electron chi connectivity index (χ1n) is 6.48. The number of carbonyl (C=O) groups is 1. The van der Waals surface area contributed by atoms with Crippen LogP contribution in [0.4, 0.5) is 10.1 Å². The first-order chi connectivity index (χ1) is 9.15. The minimum atomic E-state index is -0.263. The van der Waals surface area contributed by atoms with Gasteiger partial charge in [-0.15, -0.1) is 0 Å². The molecule has 0 spiro atoms. The van der Waals surface area contributed by atoms with Crippen LogP contribution in [0.5, 0.6) is 0 Å². The summed E-state index contributed by atoms with van der Waals surface area (Å²) >= 11 is 3.30. The first-order valence-corrected chi connectivity index (χ1v) is 7.28. The highest BCUT2D eigenvalue weighted by Gasteiger charge is 2.05. The summed E-state index contributed by atoms with van der Waals surface area (Å²) in [4.78, 5) is 11.1. The van der Waals surface area contributed by atoms with Gasteiger partial charge in [0.2, 0.25) is 0 Å². The minimum absolute atomic E-state index is 0.146. The number of hydrogen-bond donors (Lipinski definition) is 1. The summed E-state index contributed by atoms with van der Waals surface area (Å²) in [6.45, 7) is 2.91. The fraction of sp³-hybridized carbons (Fsp3) is 0.500. The Kier molecular flexibility index (Phi) is 7.48. The predicted molar refractivity (Wildman–Crippen MR) is 77.7 cm³/mol. The number of anilines is 1. The van der Waals surface area contributed by atoms with E-state index in [4.69, 9.17) is 4.74 Å². The summed E-state index contributed by atoms with van der Waals surface area (Å²) < 4.78 is 19.0. The summed E-state index contributed by atoms with van der Waals surface area (Å²) in [6, 6.07) is 4.88. The van der Waals surface area contributed by atoms with Crippen molar-refractivity contribution in [2.45, 2.75) is 32.6 Å². The van der Waals surface area contributed by atoms with Gasteiger partial charge in [0.1, 0.15) is 5.82 Å². The lowest BCUT2D eigenvalue weighted by Crippen LogP contribution is -2.06. The molecule has 3 nitrogen and oxygen atoms in total. The Hall–Kier alpha value is -1.10. The average Bonchev–Trinajstić information content (AvgIpc) is 2.36. The Morgan fingerprint density at radius 3 is 2.84 bits per heavy atom. The molecule has 0 unspecified atom stereocenters. The normalized spacial score (nSPS) is 10.3. The van der Waals surface area contributed by atoms with Crippen molar-refractivity contribution < 1.29 is 13.9 Å². The summed E-state index contributed by atoms with van der Waals surface area (Å²) in [7, 11) is 0. The predicted octanol–water partition coefficient (Wildman–Crippen LogP) is 4.12. The number of nitrogens with one attached hydrogen (secondary N) is 1. The molecule has 0 amide bonds. The van der Waals surface area contributed by atoms with Crippen LogP contribution in [0.1, 0.15) is 32.6 Å². The van der Waals surface area contributed by atoms with Gasteiger partial charge in [-0.2, -0.15) is 0 Å². The SMILES string of the molecule is CCOC(=O)CCCCCNc1c(F)cccc1Br. The van der Waals surface area contributed by atoms with Gasteiger partial charge in [-0.3, -0.25) is 4.79 Å². The standard InChI is InChI=1S/C14H19BrFNO2/c1-2-19-13(18)9-4-3-5-10-17-14-11(15)7-6-8-12(14)16/h6-8,17H,2-5,9-10H2,1H3. The van der Waals surface area contributed by atoms with E-state index in [1.807, 2.05) is 0 Å². The zero-order valence-electron chi connectivity index (χ0n) is 11.0. The number of hydrogen-bond acceptors (Lipinski definition) is 3. The fourth-order valence-electron chi connectivity index (χ4n) is 1.68. The van der Waals surface area contributed by atoms with Gasteiger partial charge in [0.15, 0.2) is 0 Å². The molecule has 0 aliphatic rings. The number of unbranched alkanes of at least 4 members (excludes halogenated alkanes) is 2. The van der Waals surface area contributed by atoms with E-state index < -0.39 is 0 Å². The number of rotatable bonds is 8. The Labute approximate surface area is 121 Å². The highest BCUT2D eigenvalue weighted by atomic mass is 79.9. The lowest BCUT2D eigenvalue weighted by Gasteiger charge is -2.09. The molecule has 0 aliphatic heterocycles. The van der Waals surface area contributed by atoms with E-state index in [-0.39, 0.29) is 11.8 Å². The number of para-hydroxylation sites is 1. The minimum Gasteiger partial charge on any atom is -0.466 e. The van der Waals surface area contributed by atoms with Gasteiger partial charge in [0.25, 0.3) is 0 Å². The number of carbonyl (C=O) groups excluding carboxylic acids is 1. The molecule has 0 atom stereocenters. The molecule has 0 saturated carbocycles. The van der Waals surface area contributed by atoms with Gasteiger partial charge in [-0.05, 0) is 47.8 Å². The number of benzene rings is 1. The smallest absolute Gasteiger partial charge is 0.305 e. The molecule has 0 radical (unpaired) electrons. The van der Waals surface area contributed by atoms with E-state index in [1.54, 1.807) is 19.1 Å². The number of ether oxygens (including phenoxy) is 1. The van der Waals surface area contributed by atoms with Crippen LogP contribution in [0.2, 0.25) is 0 Å². The monoisotopic (exact) mass is 331 g/mol. The maximum absolute atomic E-state index is 13.5. The molecule has 0 aromatic heterocycles. The van der Waals surface area contributed by atoms with Gasteiger partial charge < -0.3 is 10.1 Å². The maximum Gasteiger partial charge on any atom is 0.305 e. The van der Waals surface area contributed by atoms with Gasteiger partial charge in [-0.1, -0.05) is 12.5 Å². The van der Waals surface area contributed by atoms with Gasteiger partial charge in [0, 0.05) is 17.4 Å². The van der Waals surface area contributed by atoms with Crippen LogP contribution in [0.3, 0.4) is 0 Å². The number of esters is 1. The quantitative estimate of drug-likeness (QED) is 0.575. The van der Waals surface area contributed by atoms with Crippen LogP contribution in [0.25, 0.3) is 0 Å². The molecule has 1 rings (SSSR count). The van der Waals surface area contributed by atoms with Crippen molar-refractivity contribution in [3.8, 4) is 0 Å². The fourth-order valence-corrected chi connectivity index (χ4v) is 2.17. The maximum atomic E-state index is 13.5. The summed E-state index contributed by atoms with van der Waals surface area (Å²) in [5.41, 5.74) is 0.493. The van der Waals surface area contributed by atoms with Crippen LogP contribution in [-0.2, 0) is 9.53 Å². The lowest BCUT2D eigenvalue weighted by atomic mass is 10.2. The molecular formula is C14H19BrFNO2. The van der Waals surface area contributed by atoms with Gasteiger partial charge in [-0.25, -0.2) is 4.39 Å². The molecule has 0 aliphatic carbocycles. The zero-order chi connectivity index (χ0) is 14.1. The second-order valence-electron chi connectivity index (χ2n) is 4.14. The highest BCUT2D eigenvalue weighted by Crippen LogP contribution is 2.25. The molecule has 1 aromatic rings. The third-order valence-corrected chi connectivity index (χ3v) is 3.29. The van der Waals surface area contributed by atoms with Gasteiger partial charge >= 0.3 is 5.97 Å². The Balaban J connectivity index is 2.16. The van der Waals surface area contributed by atoms with Crippen molar-refractivity contribution in [2.75, 3.05) is 18.5 Å². The molecule has 0 heterocycles. The van der Waals surface area contributed by atoms with E-state index in [0.29, 0.717) is 25.3 Å². The van der Waals surface area contributed by atoms with E-state index in [2.05, 4.69) is 21.2 Å². The van der Waals surface area contributed by atoms with Crippen LogP contribution in [-0.4, -0.2) is 19.1 Å². The molecule has 5 heteroatoms. The van der Waals surface area contributed by atoms with Crippen LogP contribution in [0, 0.1) is 5.82 Å². The lowest BCUT2D eigenvalue weighted by molar-refractivity contribution is -0.143. The van der Waals surface area contributed by atoms with Crippen molar-refractivity contribution in [3.05, 3.63) is 28.5 Å². The van der Waals surface area contributed by atoms with Crippen molar-refractivity contribution in [1.29, 1.82) is 0 Å². The van der Waals surface area contributed by atoms with Gasteiger partial charge in [0.05, 0.1) is 12.3 Å². The van der Waals surface area contributed by atoms with Crippen LogP contribution < -0.4 is 5.32 Å². The first kappa shape index (κ1) is 16.0. The van der Waals surface area contributed by atoms with Crippen molar-refractivity contribution in [2.24, 2.45) is 0 Å². The highest BCUT2D eigenvalue weighted by molar-refractivity contribution is 9.10. The molecule has 0 bridgehead atoms. The van der Waals surface area contributed by atoms with E-state index >= 15 is 0 Å². The summed E-state index contributed by atoms with van der Waals surface area (Å²) in [6.07, 6.45) is 3.06. The molecule has 19 heavy (non-hydrogen) atoms. The molecule has 1 N–H and O–H groups in total. The third kappa shape index (κ3) is 6.05. The Morgan fingerprint density at radius 2 is 2.16 bits per heavy atom. The van der Waals surface area contributed by atoms with E-state index in [0.717, 1.165) is 23.7 Å². The third-order valence-electron chi connectivity index (χ3n) is 2.63. The summed E-state index contributed by atoms with van der Waals surface area (Å²) in [5, 5.41) is 3.06. The largest absolute Gasteiger partial charge is 0.466 e. The van der Waals surface area contributed by atoms with E-state index in [1.165, 1.54) is 6.07 Å². The van der Waals surface area contributed by atoms with Crippen molar-refractivity contribution in [1.82, 2.24) is 0 Å². The van der Waals surface area contributed by atoms with Crippen molar-refractivity contribution >= 4 is 27.6 Å². The molecule has 0 saturated heterocycles. The molecule has 1 aromatic carbocycles. The van der Waals surface area contributed by atoms with E-state index in [9.17, 15) is 9.18 Å². The molecular weight excluding hydrogens is 313 g/mol. The zero-order valence-corrected chi connectivity index (χ0v) is 12.6. The Morgan fingerprint density at radius 1 is 1.37 bits per heavy atom. The topological polar surface area (TPSA) is 38.3 Å². The van der Waals surface area contributed by atoms with Crippen LogP contribution in [0.15, 0.2) is 22.7 Å². The van der Waals surface area contributed by atoms with Crippen LogP contribution >= 0.6 is 15.9 Å². The molecule has 0 fully saturated rings. The average molecular weight is 332 g/mol.